The molecule has 1 N–H and O–H groups in total. The summed E-state index contributed by atoms with van der Waals surface area (Å²) in [5, 5.41) is 1.50. The van der Waals surface area contributed by atoms with Gasteiger partial charge in [0.1, 0.15) is 4.90 Å². The number of benzene rings is 1. The minimum atomic E-state index is -4.64. The third-order valence-electron chi connectivity index (χ3n) is 2.56. The first kappa shape index (κ1) is 16.3. The van der Waals surface area contributed by atoms with Crippen molar-refractivity contribution in [2.75, 3.05) is 0 Å². The second-order valence-electron chi connectivity index (χ2n) is 4.05. The monoisotopic (exact) mass is 355 g/mol. The number of sulfonamides is 1. The van der Waals surface area contributed by atoms with E-state index in [1.807, 2.05) is 0 Å². The third kappa shape index (κ3) is 3.97. The first-order valence-corrected chi connectivity index (χ1v) is 8.33. The highest BCUT2D eigenvalue weighted by Crippen LogP contribution is 2.33. The highest BCUT2D eigenvalue weighted by Gasteiger charge is 2.32. The summed E-state index contributed by atoms with van der Waals surface area (Å²) in [7, 11) is -4.13. The summed E-state index contributed by atoms with van der Waals surface area (Å²) in [6, 6.07) is 5.64. The Hall–Kier alpha value is -1.09. The van der Waals surface area contributed by atoms with E-state index in [9.17, 15) is 21.6 Å². The van der Waals surface area contributed by atoms with Crippen LogP contribution in [0.25, 0.3) is 0 Å². The van der Waals surface area contributed by atoms with Gasteiger partial charge in [-0.2, -0.15) is 13.2 Å². The molecule has 0 aliphatic carbocycles. The van der Waals surface area contributed by atoms with Crippen molar-refractivity contribution in [1.29, 1.82) is 0 Å². The Morgan fingerprint density at radius 3 is 2.52 bits per heavy atom. The van der Waals surface area contributed by atoms with Gasteiger partial charge in [-0.1, -0.05) is 17.7 Å². The van der Waals surface area contributed by atoms with Crippen LogP contribution in [0.4, 0.5) is 13.2 Å². The smallest absolute Gasteiger partial charge is 0.207 e. The van der Waals surface area contributed by atoms with Gasteiger partial charge in [0.15, 0.2) is 0 Å². The van der Waals surface area contributed by atoms with E-state index in [0.29, 0.717) is 6.07 Å². The largest absolute Gasteiger partial charge is 0.416 e. The Kier molecular flexibility index (Phi) is 4.62. The van der Waals surface area contributed by atoms with E-state index >= 15 is 0 Å². The Morgan fingerprint density at radius 2 is 1.95 bits per heavy atom. The minimum absolute atomic E-state index is 0.00737. The van der Waals surface area contributed by atoms with Gasteiger partial charge < -0.3 is 0 Å². The van der Waals surface area contributed by atoms with Gasteiger partial charge >= 0.3 is 6.18 Å². The standard InChI is InChI=1S/C12H9ClF3NO2S2/c13-10-4-3-8(12(14,15)16)6-11(10)21(18,19)17-7-9-2-1-5-20-9/h1-6,17H,7H2. The third-order valence-corrected chi connectivity index (χ3v) is 5.32. The zero-order valence-corrected chi connectivity index (χ0v) is 12.7. The van der Waals surface area contributed by atoms with Gasteiger partial charge in [0.25, 0.3) is 0 Å². The Morgan fingerprint density at radius 1 is 1.24 bits per heavy atom. The van der Waals surface area contributed by atoms with E-state index in [2.05, 4.69) is 4.72 Å². The molecule has 0 radical (unpaired) electrons. The first-order chi connectivity index (χ1) is 9.70. The molecule has 3 nitrogen and oxygen atoms in total. The van der Waals surface area contributed by atoms with E-state index in [1.54, 1.807) is 17.5 Å². The Balaban J connectivity index is 2.31. The number of rotatable bonds is 4. The van der Waals surface area contributed by atoms with Crippen LogP contribution in [0.15, 0.2) is 40.6 Å². The van der Waals surface area contributed by atoms with Gasteiger partial charge in [0.05, 0.1) is 10.6 Å². The molecular weight excluding hydrogens is 347 g/mol. The predicted molar refractivity (Wildman–Crippen MR) is 74.8 cm³/mol. The summed E-state index contributed by atoms with van der Waals surface area (Å²) >= 11 is 7.04. The summed E-state index contributed by atoms with van der Waals surface area (Å²) in [5.41, 5.74) is -1.07. The normalized spacial score (nSPS) is 12.6. The molecule has 0 bridgehead atoms. The lowest BCUT2D eigenvalue weighted by atomic mass is 10.2. The van der Waals surface area contributed by atoms with Crippen LogP contribution in [0, 0.1) is 0 Å². The van der Waals surface area contributed by atoms with Gasteiger partial charge in [0, 0.05) is 11.4 Å². The second-order valence-corrected chi connectivity index (χ2v) is 7.22. The number of alkyl halides is 3. The van der Waals surface area contributed by atoms with Gasteiger partial charge in [-0.3, -0.25) is 0 Å². The van der Waals surface area contributed by atoms with E-state index in [4.69, 9.17) is 11.6 Å². The van der Waals surface area contributed by atoms with Gasteiger partial charge in [-0.15, -0.1) is 11.3 Å². The van der Waals surface area contributed by atoms with Crippen LogP contribution >= 0.6 is 22.9 Å². The van der Waals surface area contributed by atoms with E-state index in [-0.39, 0.29) is 11.6 Å². The molecule has 1 aromatic heterocycles. The zero-order valence-electron chi connectivity index (χ0n) is 10.3. The minimum Gasteiger partial charge on any atom is -0.207 e. The summed E-state index contributed by atoms with van der Waals surface area (Å²) in [6.07, 6.45) is -4.64. The molecule has 0 spiro atoms. The molecule has 0 saturated heterocycles. The Labute approximate surface area is 128 Å². The van der Waals surface area contributed by atoms with E-state index in [1.165, 1.54) is 11.3 Å². The number of nitrogens with one attached hydrogen (secondary N) is 1. The molecule has 0 aliphatic rings. The number of hydrogen-bond donors (Lipinski definition) is 1. The number of halogens is 4. The molecule has 9 heteroatoms. The summed E-state index contributed by atoms with van der Waals surface area (Å²) < 4.78 is 64.3. The van der Waals surface area contributed by atoms with Gasteiger partial charge in [0.2, 0.25) is 10.0 Å². The molecule has 114 valence electrons. The summed E-state index contributed by atoms with van der Waals surface area (Å²) in [6.45, 7) is -0.00737. The van der Waals surface area contributed by atoms with Crippen molar-refractivity contribution in [3.8, 4) is 0 Å². The van der Waals surface area contributed by atoms with Crippen molar-refractivity contribution in [3.63, 3.8) is 0 Å². The Bertz CT molecular complexity index is 727. The van der Waals surface area contributed by atoms with Crippen molar-refractivity contribution in [1.82, 2.24) is 4.72 Å². The first-order valence-electron chi connectivity index (χ1n) is 5.59. The van der Waals surface area contributed by atoms with Crippen molar-refractivity contribution in [3.05, 3.63) is 51.2 Å². The second kappa shape index (κ2) is 5.96. The molecule has 2 rings (SSSR count). The van der Waals surface area contributed by atoms with E-state index < -0.39 is 26.7 Å². The SMILES string of the molecule is O=S(=O)(NCc1cccs1)c1cc(C(F)(F)F)ccc1Cl. The molecule has 0 saturated carbocycles. The lowest BCUT2D eigenvalue weighted by molar-refractivity contribution is -0.137. The van der Waals surface area contributed by atoms with Crippen LogP contribution in [0.1, 0.15) is 10.4 Å². The average Bonchev–Trinajstić information content (AvgIpc) is 2.88. The van der Waals surface area contributed by atoms with Crippen LogP contribution in [0.5, 0.6) is 0 Å². The number of thiophene rings is 1. The van der Waals surface area contributed by atoms with E-state index in [0.717, 1.165) is 17.0 Å². The highest BCUT2D eigenvalue weighted by atomic mass is 35.5. The highest BCUT2D eigenvalue weighted by molar-refractivity contribution is 7.89. The lowest BCUT2D eigenvalue weighted by Gasteiger charge is -2.11. The molecular formula is C12H9ClF3NO2S2. The number of hydrogen-bond acceptors (Lipinski definition) is 3. The quantitative estimate of drug-likeness (QED) is 0.904. The van der Waals surface area contributed by atoms with Crippen molar-refractivity contribution < 1.29 is 21.6 Å². The van der Waals surface area contributed by atoms with Crippen LogP contribution < -0.4 is 4.72 Å². The molecule has 1 aromatic carbocycles. The average molecular weight is 356 g/mol. The fraction of sp³-hybridized carbons (Fsp3) is 0.167. The van der Waals surface area contributed by atoms with Crippen molar-refractivity contribution in [2.45, 2.75) is 17.6 Å². The van der Waals surface area contributed by atoms with Crippen LogP contribution in [0.2, 0.25) is 5.02 Å². The lowest BCUT2D eigenvalue weighted by Crippen LogP contribution is -2.23. The molecule has 0 fully saturated rings. The van der Waals surface area contributed by atoms with Crippen LogP contribution in [-0.4, -0.2) is 8.42 Å². The van der Waals surface area contributed by atoms with Gasteiger partial charge in [-0.05, 0) is 29.6 Å². The predicted octanol–water partition coefficient (Wildman–Crippen LogP) is 3.90. The van der Waals surface area contributed by atoms with Gasteiger partial charge in [-0.25, -0.2) is 13.1 Å². The molecule has 21 heavy (non-hydrogen) atoms. The maximum Gasteiger partial charge on any atom is 0.416 e. The molecule has 2 aromatic rings. The molecule has 0 unspecified atom stereocenters. The van der Waals surface area contributed by atoms with Crippen molar-refractivity contribution in [2.24, 2.45) is 0 Å². The van der Waals surface area contributed by atoms with Crippen molar-refractivity contribution >= 4 is 33.0 Å². The topological polar surface area (TPSA) is 46.2 Å². The molecule has 1 heterocycles. The van der Waals surface area contributed by atoms with Crippen LogP contribution in [0.3, 0.4) is 0 Å². The maximum absolute atomic E-state index is 12.6. The summed E-state index contributed by atoms with van der Waals surface area (Å²) in [4.78, 5) is 0.150. The zero-order chi connectivity index (χ0) is 15.7. The maximum atomic E-state index is 12.6. The van der Waals surface area contributed by atoms with Crippen LogP contribution in [-0.2, 0) is 22.7 Å². The fourth-order valence-corrected chi connectivity index (χ4v) is 3.81. The molecule has 0 aliphatic heterocycles. The fourth-order valence-electron chi connectivity index (χ4n) is 1.54. The molecule has 0 atom stereocenters. The summed E-state index contributed by atoms with van der Waals surface area (Å²) in [5.74, 6) is 0. The molecule has 0 amide bonds.